The molecule has 0 aliphatic carbocycles. The molecular formula is C11H13ClFNO2. The van der Waals surface area contributed by atoms with E-state index in [4.69, 9.17) is 16.4 Å². The Morgan fingerprint density at radius 2 is 2.25 bits per heavy atom. The van der Waals surface area contributed by atoms with Crippen LogP contribution in [0.5, 0.6) is 0 Å². The molecule has 0 fully saturated rings. The van der Waals surface area contributed by atoms with Gasteiger partial charge in [-0.25, -0.2) is 9.87 Å². The molecule has 1 N–H and O–H groups in total. The number of amides is 1. The van der Waals surface area contributed by atoms with E-state index >= 15 is 0 Å². The molecule has 1 aromatic carbocycles. The molecule has 0 spiro atoms. The van der Waals surface area contributed by atoms with E-state index in [9.17, 15) is 9.18 Å². The highest BCUT2D eigenvalue weighted by Crippen LogP contribution is 2.18. The second kappa shape index (κ2) is 5.82. The molecule has 1 amide bonds. The van der Waals surface area contributed by atoms with Gasteiger partial charge in [-0.15, -0.1) is 0 Å². The summed E-state index contributed by atoms with van der Waals surface area (Å²) in [6, 6.07) is 4.05. The molecule has 0 aromatic heterocycles. The van der Waals surface area contributed by atoms with Crippen molar-refractivity contribution in [3.05, 3.63) is 34.6 Å². The Balaban J connectivity index is 2.66. The highest BCUT2D eigenvalue weighted by atomic mass is 35.5. The monoisotopic (exact) mass is 245 g/mol. The van der Waals surface area contributed by atoms with Crippen LogP contribution in [-0.2, 0) is 4.84 Å². The molecule has 0 bridgehead atoms. The van der Waals surface area contributed by atoms with E-state index in [1.165, 1.54) is 18.2 Å². The maximum Gasteiger partial charge on any atom is 0.279 e. The van der Waals surface area contributed by atoms with E-state index in [1.807, 2.05) is 13.8 Å². The Labute approximate surface area is 98.5 Å². The normalized spacial score (nSPS) is 10.6. The van der Waals surface area contributed by atoms with Gasteiger partial charge in [0, 0.05) is 0 Å². The summed E-state index contributed by atoms with van der Waals surface area (Å²) >= 11 is 5.71. The molecule has 1 aromatic rings. The topological polar surface area (TPSA) is 38.3 Å². The molecule has 0 atom stereocenters. The predicted octanol–water partition coefficient (Wildman–Crippen LogP) is 2.80. The third-order valence-corrected chi connectivity index (χ3v) is 2.09. The second-order valence-corrected chi connectivity index (χ2v) is 4.14. The van der Waals surface area contributed by atoms with Crippen molar-refractivity contribution in [1.82, 2.24) is 5.48 Å². The van der Waals surface area contributed by atoms with E-state index < -0.39 is 11.7 Å². The van der Waals surface area contributed by atoms with Crippen molar-refractivity contribution in [3.8, 4) is 0 Å². The third-order valence-electron chi connectivity index (χ3n) is 1.77. The van der Waals surface area contributed by atoms with Crippen LogP contribution in [0.15, 0.2) is 18.2 Å². The molecule has 0 unspecified atom stereocenters. The van der Waals surface area contributed by atoms with E-state index in [2.05, 4.69) is 5.48 Å². The number of nitrogens with one attached hydrogen (secondary N) is 1. The minimum atomic E-state index is -0.677. The lowest BCUT2D eigenvalue weighted by Gasteiger charge is -2.09. The summed E-state index contributed by atoms with van der Waals surface area (Å²) in [5.41, 5.74) is 1.95. The number of hydroxylamine groups is 1. The molecule has 3 nitrogen and oxygen atoms in total. The number of rotatable bonds is 4. The van der Waals surface area contributed by atoms with Crippen molar-refractivity contribution < 1.29 is 14.0 Å². The van der Waals surface area contributed by atoms with Gasteiger partial charge in [0.25, 0.3) is 5.91 Å². The zero-order valence-electron chi connectivity index (χ0n) is 9.09. The minimum Gasteiger partial charge on any atom is -0.273 e. The van der Waals surface area contributed by atoms with Crippen LogP contribution in [0.1, 0.15) is 24.2 Å². The van der Waals surface area contributed by atoms with Crippen LogP contribution in [-0.4, -0.2) is 12.5 Å². The van der Waals surface area contributed by atoms with Gasteiger partial charge in [-0.1, -0.05) is 31.5 Å². The van der Waals surface area contributed by atoms with E-state index in [-0.39, 0.29) is 16.5 Å². The Bertz CT molecular complexity index is 362. The van der Waals surface area contributed by atoms with Crippen LogP contribution in [0.25, 0.3) is 0 Å². The summed E-state index contributed by atoms with van der Waals surface area (Å²) < 4.78 is 13.3. The van der Waals surface area contributed by atoms with Gasteiger partial charge in [0.05, 0.1) is 17.2 Å². The van der Waals surface area contributed by atoms with Gasteiger partial charge in [-0.3, -0.25) is 9.63 Å². The first-order valence-electron chi connectivity index (χ1n) is 4.88. The molecule has 0 aliphatic rings. The summed E-state index contributed by atoms with van der Waals surface area (Å²) in [5.74, 6) is -1.07. The summed E-state index contributed by atoms with van der Waals surface area (Å²) in [5, 5.41) is 0.0608. The van der Waals surface area contributed by atoms with Crippen molar-refractivity contribution in [3.63, 3.8) is 0 Å². The largest absolute Gasteiger partial charge is 0.279 e. The van der Waals surface area contributed by atoms with Gasteiger partial charge in [-0.05, 0) is 18.1 Å². The van der Waals surface area contributed by atoms with Crippen molar-refractivity contribution in [2.75, 3.05) is 6.61 Å². The third kappa shape index (κ3) is 3.47. The molecule has 0 saturated heterocycles. The number of hydrogen-bond donors (Lipinski definition) is 1. The lowest BCUT2D eigenvalue weighted by molar-refractivity contribution is 0.0206. The minimum absolute atomic E-state index is 0.0608. The van der Waals surface area contributed by atoms with Crippen molar-refractivity contribution in [2.24, 2.45) is 5.92 Å². The zero-order chi connectivity index (χ0) is 12.1. The quantitative estimate of drug-likeness (QED) is 0.829. The lowest BCUT2D eigenvalue weighted by Crippen LogP contribution is -2.26. The number of hydrogen-bond acceptors (Lipinski definition) is 2. The molecular weight excluding hydrogens is 233 g/mol. The van der Waals surface area contributed by atoms with Crippen molar-refractivity contribution in [2.45, 2.75) is 13.8 Å². The average molecular weight is 246 g/mol. The Morgan fingerprint density at radius 1 is 1.56 bits per heavy atom. The number of halogens is 2. The van der Waals surface area contributed by atoms with Crippen molar-refractivity contribution >= 4 is 17.5 Å². The maximum absolute atomic E-state index is 13.3. The van der Waals surface area contributed by atoms with E-state index in [1.54, 1.807) is 0 Å². The number of benzene rings is 1. The summed E-state index contributed by atoms with van der Waals surface area (Å²) in [4.78, 5) is 16.4. The molecule has 0 radical (unpaired) electrons. The van der Waals surface area contributed by atoms with Gasteiger partial charge in [0.2, 0.25) is 0 Å². The van der Waals surface area contributed by atoms with Crippen molar-refractivity contribution in [1.29, 1.82) is 0 Å². The van der Waals surface area contributed by atoms with Crippen LogP contribution in [0, 0.1) is 11.7 Å². The fourth-order valence-electron chi connectivity index (χ4n) is 1.04. The first-order valence-corrected chi connectivity index (χ1v) is 5.26. The molecule has 88 valence electrons. The highest BCUT2D eigenvalue weighted by molar-refractivity contribution is 6.33. The van der Waals surface area contributed by atoms with Crippen LogP contribution < -0.4 is 5.48 Å². The zero-order valence-corrected chi connectivity index (χ0v) is 9.84. The highest BCUT2D eigenvalue weighted by Gasteiger charge is 2.15. The number of carbonyl (C=O) groups is 1. The molecule has 0 heterocycles. The van der Waals surface area contributed by atoms with Gasteiger partial charge < -0.3 is 0 Å². The summed E-state index contributed by atoms with van der Waals surface area (Å²) in [6.07, 6.45) is 0. The molecule has 0 aliphatic heterocycles. The van der Waals surface area contributed by atoms with E-state index in [0.29, 0.717) is 6.61 Å². The first kappa shape index (κ1) is 12.9. The van der Waals surface area contributed by atoms with Gasteiger partial charge >= 0.3 is 0 Å². The van der Waals surface area contributed by atoms with Crippen LogP contribution >= 0.6 is 11.6 Å². The van der Waals surface area contributed by atoms with Gasteiger partial charge in [0.15, 0.2) is 0 Å². The smallest absolute Gasteiger partial charge is 0.273 e. The predicted molar refractivity (Wildman–Crippen MR) is 59.7 cm³/mol. The summed E-state index contributed by atoms with van der Waals surface area (Å²) in [7, 11) is 0. The maximum atomic E-state index is 13.3. The number of carbonyl (C=O) groups excluding carboxylic acids is 1. The lowest BCUT2D eigenvalue weighted by atomic mass is 10.2. The van der Waals surface area contributed by atoms with Crippen LogP contribution in [0.3, 0.4) is 0 Å². The Hall–Kier alpha value is -1.13. The standard InChI is InChI=1S/C11H13ClFNO2/c1-7(2)6-16-14-11(15)10-8(12)4-3-5-9(10)13/h3-5,7H,6H2,1-2H3,(H,14,15). The van der Waals surface area contributed by atoms with Crippen LogP contribution in [0.2, 0.25) is 5.02 Å². The van der Waals surface area contributed by atoms with Gasteiger partial charge in [0.1, 0.15) is 5.82 Å². The SMILES string of the molecule is CC(C)CONC(=O)c1c(F)cccc1Cl. The molecule has 16 heavy (non-hydrogen) atoms. The first-order chi connectivity index (χ1) is 7.52. The fraction of sp³-hybridized carbons (Fsp3) is 0.364. The fourth-order valence-corrected chi connectivity index (χ4v) is 1.29. The average Bonchev–Trinajstić information content (AvgIpc) is 2.16. The molecule has 1 rings (SSSR count). The molecule has 5 heteroatoms. The Kier molecular flexibility index (Phi) is 4.71. The summed E-state index contributed by atoms with van der Waals surface area (Å²) in [6.45, 7) is 4.22. The van der Waals surface area contributed by atoms with Gasteiger partial charge in [-0.2, -0.15) is 0 Å². The Morgan fingerprint density at radius 3 is 2.81 bits per heavy atom. The van der Waals surface area contributed by atoms with Crippen LogP contribution in [0.4, 0.5) is 4.39 Å². The second-order valence-electron chi connectivity index (χ2n) is 3.73. The van der Waals surface area contributed by atoms with E-state index in [0.717, 1.165) is 0 Å². The molecule has 0 saturated carbocycles.